The molecule has 198 valence electrons. The van der Waals surface area contributed by atoms with Crippen LogP contribution in [0.4, 0.5) is 20.4 Å². The van der Waals surface area contributed by atoms with Crippen LogP contribution in [-0.4, -0.2) is 60.3 Å². The van der Waals surface area contributed by atoms with E-state index in [0.29, 0.717) is 58.8 Å². The lowest BCUT2D eigenvalue weighted by Gasteiger charge is -2.19. The summed E-state index contributed by atoms with van der Waals surface area (Å²) >= 11 is 0. The summed E-state index contributed by atoms with van der Waals surface area (Å²) in [7, 11) is 1.79. The molecule has 0 unspecified atom stereocenters. The zero-order valence-electron chi connectivity index (χ0n) is 20.8. The van der Waals surface area contributed by atoms with E-state index >= 15 is 0 Å². The number of hydrogen-bond acceptors (Lipinski definition) is 9. The third-order valence-electron chi connectivity index (χ3n) is 6.25. The van der Waals surface area contributed by atoms with Gasteiger partial charge in [-0.1, -0.05) is 0 Å². The summed E-state index contributed by atoms with van der Waals surface area (Å²) in [5.41, 5.74) is 1.80. The number of anilines is 2. The van der Waals surface area contributed by atoms with Crippen molar-refractivity contribution in [1.82, 2.24) is 34.5 Å². The molecule has 38 heavy (non-hydrogen) atoms. The molecule has 2 aliphatic rings. The molecule has 4 aromatic heterocycles. The number of aromatic nitrogens is 7. The third-order valence-corrected chi connectivity index (χ3v) is 6.25. The highest BCUT2D eigenvalue weighted by atomic mass is 19.3. The van der Waals surface area contributed by atoms with E-state index in [1.165, 1.54) is 0 Å². The molecule has 4 bridgehead atoms. The number of aryl methyl sites for hydroxylation is 1. The molecule has 0 amide bonds. The number of ether oxygens (including phenoxy) is 3. The Bertz CT molecular complexity index is 1450. The Balaban J connectivity index is 1.39. The van der Waals surface area contributed by atoms with Crippen LogP contribution in [-0.2, 0) is 7.05 Å². The van der Waals surface area contributed by atoms with E-state index in [0.717, 1.165) is 12.8 Å². The van der Waals surface area contributed by atoms with Crippen LogP contribution in [0.3, 0.4) is 0 Å². The van der Waals surface area contributed by atoms with Gasteiger partial charge in [-0.2, -0.15) is 5.10 Å². The van der Waals surface area contributed by atoms with Gasteiger partial charge in [0.1, 0.15) is 22.9 Å². The van der Waals surface area contributed by atoms with Gasteiger partial charge in [-0.25, -0.2) is 28.4 Å². The van der Waals surface area contributed by atoms with Crippen molar-refractivity contribution in [1.29, 1.82) is 0 Å². The average Bonchev–Trinajstić information content (AvgIpc) is 3.56. The van der Waals surface area contributed by atoms with Crippen molar-refractivity contribution >= 4 is 11.6 Å². The van der Waals surface area contributed by atoms with Crippen LogP contribution in [0.2, 0.25) is 0 Å². The van der Waals surface area contributed by atoms with Crippen molar-refractivity contribution in [3.63, 3.8) is 0 Å². The van der Waals surface area contributed by atoms with Crippen molar-refractivity contribution < 1.29 is 23.0 Å². The summed E-state index contributed by atoms with van der Waals surface area (Å²) in [6.45, 7) is 1.54. The maximum absolute atomic E-state index is 13.0. The standard InChI is InChI=1S/C25H26F2N8O3/c1-14-6-8-36-25-17(11-30-34(25)2)23-28-7-5-21(32-23)31-22-9-19(38-14)16(10-29-22)18-12-35(15-3-4-15)33-24(18)37-13-20(26)27/h5,7,9-12,14-15,20H,3-4,6,8,13H2,1-2H3,(H,28,29,31,32)/t14-/m0/s1. The first-order chi connectivity index (χ1) is 18.4. The fourth-order valence-electron chi connectivity index (χ4n) is 4.18. The molecule has 1 saturated carbocycles. The van der Waals surface area contributed by atoms with E-state index in [9.17, 15) is 8.78 Å². The Hall–Kier alpha value is -4.29. The van der Waals surface area contributed by atoms with Crippen molar-refractivity contribution in [2.45, 2.75) is 44.8 Å². The average molecular weight is 525 g/mol. The number of alkyl halides is 2. The number of hydrogen-bond donors (Lipinski definition) is 1. The summed E-state index contributed by atoms with van der Waals surface area (Å²) in [5.74, 6) is 2.65. The van der Waals surface area contributed by atoms with E-state index in [-0.39, 0.29) is 18.0 Å². The maximum Gasteiger partial charge on any atom is 0.272 e. The van der Waals surface area contributed by atoms with Crippen molar-refractivity contribution in [2.75, 3.05) is 18.5 Å². The van der Waals surface area contributed by atoms with Crippen LogP contribution in [0.5, 0.6) is 17.5 Å². The van der Waals surface area contributed by atoms with Gasteiger partial charge >= 0.3 is 0 Å². The molecule has 0 aromatic carbocycles. The molecule has 11 nitrogen and oxygen atoms in total. The predicted molar refractivity (Wildman–Crippen MR) is 133 cm³/mol. The maximum atomic E-state index is 13.0. The summed E-state index contributed by atoms with van der Waals surface area (Å²) in [4.78, 5) is 13.6. The zero-order chi connectivity index (χ0) is 26.2. The lowest BCUT2D eigenvalue weighted by atomic mass is 10.1. The summed E-state index contributed by atoms with van der Waals surface area (Å²) in [6, 6.07) is 3.71. The van der Waals surface area contributed by atoms with Gasteiger partial charge in [-0.15, -0.1) is 5.10 Å². The first kappa shape index (κ1) is 24.1. The van der Waals surface area contributed by atoms with Crippen LogP contribution in [0, 0.1) is 0 Å². The molecule has 1 aliphatic heterocycles. The lowest BCUT2D eigenvalue weighted by Crippen LogP contribution is -2.17. The van der Waals surface area contributed by atoms with E-state index in [2.05, 4.69) is 30.5 Å². The van der Waals surface area contributed by atoms with Gasteiger partial charge in [0.25, 0.3) is 6.43 Å². The van der Waals surface area contributed by atoms with Crippen molar-refractivity contribution in [2.24, 2.45) is 7.05 Å². The lowest BCUT2D eigenvalue weighted by molar-refractivity contribution is 0.0794. The first-order valence-electron chi connectivity index (χ1n) is 12.4. The minimum absolute atomic E-state index is 0.124. The first-order valence-corrected chi connectivity index (χ1v) is 12.4. The minimum Gasteiger partial charge on any atom is -0.490 e. The van der Waals surface area contributed by atoms with E-state index < -0.39 is 13.0 Å². The number of nitrogens with one attached hydrogen (secondary N) is 1. The smallest absolute Gasteiger partial charge is 0.272 e. The van der Waals surface area contributed by atoms with Gasteiger partial charge in [0.2, 0.25) is 11.8 Å². The molecule has 1 atom stereocenters. The summed E-state index contributed by atoms with van der Waals surface area (Å²) in [6.07, 6.45) is 6.39. The van der Waals surface area contributed by atoms with Crippen LogP contribution in [0.1, 0.15) is 32.2 Å². The second kappa shape index (κ2) is 9.88. The van der Waals surface area contributed by atoms with Crippen LogP contribution >= 0.6 is 0 Å². The van der Waals surface area contributed by atoms with Gasteiger partial charge in [0.15, 0.2) is 12.4 Å². The minimum atomic E-state index is -2.62. The molecule has 1 N–H and O–H groups in total. The monoisotopic (exact) mass is 524 g/mol. The van der Waals surface area contributed by atoms with Crippen LogP contribution < -0.4 is 19.5 Å². The number of rotatable bonds is 5. The number of pyridine rings is 1. The molecule has 1 fully saturated rings. The second-order valence-electron chi connectivity index (χ2n) is 9.27. The highest BCUT2D eigenvalue weighted by Gasteiger charge is 2.28. The highest BCUT2D eigenvalue weighted by molar-refractivity contribution is 5.75. The van der Waals surface area contributed by atoms with Gasteiger partial charge in [0, 0.05) is 43.7 Å². The highest BCUT2D eigenvalue weighted by Crippen LogP contribution is 2.42. The molecule has 0 spiro atoms. The SMILES string of the molecule is C[C@H]1CCOc2c(cnn2C)-c2nccc(n2)Nc2cc(c(-c3cn(C4CC4)nc3OCC(F)F)cn2)O1. The fourth-order valence-corrected chi connectivity index (χ4v) is 4.18. The molecule has 0 saturated heterocycles. The topological polar surface area (TPSA) is 114 Å². The van der Waals surface area contributed by atoms with E-state index in [4.69, 9.17) is 14.2 Å². The van der Waals surface area contributed by atoms with Gasteiger partial charge in [-0.3, -0.25) is 4.68 Å². The van der Waals surface area contributed by atoms with Crippen LogP contribution in [0.15, 0.2) is 36.9 Å². The van der Waals surface area contributed by atoms with Gasteiger partial charge in [-0.05, 0) is 25.8 Å². The van der Waals surface area contributed by atoms with Crippen LogP contribution in [0.25, 0.3) is 22.5 Å². The number of halogens is 2. The third kappa shape index (κ3) is 4.95. The molecule has 6 rings (SSSR count). The molecular formula is C25H26F2N8O3. The van der Waals surface area contributed by atoms with Crippen molar-refractivity contribution in [3.05, 3.63) is 36.9 Å². The number of nitrogens with zero attached hydrogens (tertiary/aromatic N) is 7. The van der Waals surface area contributed by atoms with E-state index in [1.807, 2.05) is 13.1 Å². The van der Waals surface area contributed by atoms with Gasteiger partial charge < -0.3 is 19.5 Å². The Kier molecular flexibility index (Phi) is 6.26. The van der Waals surface area contributed by atoms with Gasteiger partial charge in [0.05, 0.1) is 30.5 Å². The normalized spacial score (nSPS) is 17.1. The quantitative estimate of drug-likeness (QED) is 0.406. The Morgan fingerprint density at radius 3 is 2.82 bits per heavy atom. The molecular weight excluding hydrogens is 498 g/mol. The Morgan fingerprint density at radius 2 is 2.00 bits per heavy atom. The molecule has 5 heterocycles. The van der Waals surface area contributed by atoms with E-state index in [1.54, 1.807) is 47.1 Å². The zero-order valence-corrected chi connectivity index (χ0v) is 20.8. The molecule has 1 aliphatic carbocycles. The molecule has 0 radical (unpaired) electrons. The Labute approximate surface area is 216 Å². The largest absolute Gasteiger partial charge is 0.490 e. The van der Waals surface area contributed by atoms with Crippen molar-refractivity contribution in [3.8, 4) is 40.0 Å². The predicted octanol–water partition coefficient (Wildman–Crippen LogP) is 4.41. The summed E-state index contributed by atoms with van der Waals surface area (Å²) < 4.78 is 47.1. The second-order valence-corrected chi connectivity index (χ2v) is 9.27. The number of fused-ring (bicyclic) bond motifs is 6. The Morgan fingerprint density at radius 1 is 1.13 bits per heavy atom. The molecule has 13 heteroatoms. The fraction of sp³-hybridized carbons (Fsp3) is 0.400. The summed E-state index contributed by atoms with van der Waals surface area (Å²) in [5, 5.41) is 11.9. The molecule has 4 aromatic rings.